The molecule has 20 heavy (non-hydrogen) atoms. The van der Waals surface area contributed by atoms with Crippen LogP contribution >= 0.6 is 15.9 Å². The zero-order chi connectivity index (χ0) is 14.5. The van der Waals surface area contributed by atoms with E-state index < -0.39 is 5.82 Å². The van der Waals surface area contributed by atoms with E-state index in [2.05, 4.69) is 28.2 Å². The fourth-order valence-electron chi connectivity index (χ4n) is 1.91. The SMILES string of the molecule is CCCc1ccc(NC(=O)c2cc(F)ccc2Br)cc1. The molecule has 1 amide bonds. The smallest absolute Gasteiger partial charge is 0.256 e. The molecule has 104 valence electrons. The third-order valence-electron chi connectivity index (χ3n) is 2.92. The molecule has 0 spiro atoms. The molecule has 0 radical (unpaired) electrons. The molecular formula is C16H15BrFNO. The largest absolute Gasteiger partial charge is 0.322 e. The van der Waals surface area contributed by atoms with Crippen molar-refractivity contribution in [1.29, 1.82) is 0 Å². The van der Waals surface area contributed by atoms with Gasteiger partial charge in [0.1, 0.15) is 5.82 Å². The van der Waals surface area contributed by atoms with E-state index in [1.165, 1.54) is 23.8 Å². The van der Waals surface area contributed by atoms with Crippen molar-refractivity contribution in [2.45, 2.75) is 19.8 Å². The van der Waals surface area contributed by atoms with Crippen LogP contribution < -0.4 is 5.32 Å². The summed E-state index contributed by atoms with van der Waals surface area (Å²) in [5, 5.41) is 2.76. The van der Waals surface area contributed by atoms with Crippen LogP contribution in [0.3, 0.4) is 0 Å². The first kappa shape index (κ1) is 14.7. The highest BCUT2D eigenvalue weighted by molar-refractivity contribution is 9.10. The zero-order valence-electron chi connectivity index (χ0n) is 11.1. The number of nitrogens with one attached hydrogen (secondary N) is 1. The quantitative estimate of drug-likeness (QED) is 0.854. The van der Waals surface area contributed by atoms with Crippen LogP contribution in [-0.2, 0) is 6.42 Å². The number of rotatable bonds is 4. The van der Waals surface area contributed by atoms with Crippen molar-refractivity contribution < 1.29 is 9.18 Å². The highest BCUT2D eigenvalue weighted by atomic mass is 79.9. The van der Waals surface area contributed by atoms with Crippen LogP contribution in [0, 0.1) is 5.82 Å². The van der Waals surface area contributed by atoms with E-state index in [1.54, 1.807) is 0 Å². The van der Waals surface area contributed by atoms with Gasteiger partial charge in [0.15, 0.2) is 0 Å². The van der Waals surface area contributed by atoms with Gasteiger partial charge in [0.2, 0.25) is 0 Å². The van der Waals surface area contributed by atoms with Crippen LogP contribution in [0.5, 0.6) is 0 Å². The van der Waals surface area contributed by atoms with Crippen LogP contribution in [0.25, 0.3) is 0 Å². The number of aryl methyl sites for hydroxylation is 1. The predicted octanol–water partition coefficient (Wildman–Crippen LogP) is 4.79. The molecule has 0 atom stereocenters. The minimum Gasteiger partial charge on any atom is -0.322 e. The normalized spacial score (nSPS) is 10.3. The maximum atomic E-state index is 13.2. The lowest BCUT2D eigenvalue weighted by atomic mass is 10.1. The van der Waals surface area contributed by atoms with Crippen molar-refractivity contribution in [3.63, 3.8) is 0 Å². The van der Waals surface area contributed by atoms with Crippen molar-refractivity contribution in [3.05, 3.63) is 63.9 Å². The van der Waals surface area contributed by atoms with Gasteiger partial charge in [-0.15, -0.1) is 0 Å². The van der Waals surface area contributed by atoms with Crippen LogP contribution in [0.2, 0.25) is 0 Å². The third kappa shape index (κ3) is 3.67. The van der Waals surface area contributed by atoms with E-state index in [9.17, 15) is 9.18 Å². The van der Waals surface area contributed by atoms with E-state index in [0.29, 0.717) is 10.2 Å². The number of carbonyl (C=O) groups is 1. The van der Waals surface area contributed by atoms with Crippen LogP contribution in [0.15, 0.2) is 46.9 Å². The first-order chi connectivity index (χ1) is 9.60. The van der Waals surface area contributed by atoms with Crippen molar-refractivity contribution >= 4 is 27.5 Å². The molecule has 0 unspecified atom stereocenters. The van der Waals surface area contributed by atoms with Gasteiger partial charge in [0.05, 0.1) is 5.56 Å². The molecule has 0 heterocycles. The number of amides is 1. The number of halogens is 2. The second-order valence-corrected chi connectivity index (χ2v) is 5.38. The van der Waals surface area contributed by atoms with E-state index in [0.717, 1.165) is 12.8 Å². The molecule has 0 aliphatic carbocycles. The van der Waals surface area contributed by atoms with Gasteiger partial charge in [-0.05, 0) is 58.2 Å². The Bertz CT molecular complexity index is 610. The van der Waals surface area contributed by atoms with E-state index in [4.69, 9.17) is 0 Å². The van der Waals surface area contributed by atoms with E-state index in [1.807, 2.05) is 24.3 Å². The van der Waals surface area contributed by atoms with Crippen LogP contribution in [0.1, 0.15) is 29.3 Å². The zero-order valence-corrected chi connectivity index (χ0v) is 12.7. The average molecular weight is 336 g/mol. The van der Waals surface area contributed by atoms with Gasteiger partial charge in [0, 0.05) is 10.2 Å². The van der Waals surface area contributed by atoms with Crippen molar-refractivity contribution in [1.82, 2.24) is 0 Å². The Labute approximate surface area is 126 Å². The second-order valence-electron chi connectivity index (χ2n) is 4.53. The first-order valence-corrected chi connectivity index (χ1v) is 7.25. The highest BCUT2D eigenvalue weighted by Crippen LogP contribution is 2.20. The molecule has 0 bridgehead atoms. The van der Waals surface area contributed by atoms with Crippen molar-refractivity contribution in [2.75, 3.05) is 5.32 Å². The Morgan fingerprint density at radius 3 is 2.55 bits per heavy atom. The summed E-state index contributed by atoms with van der Waals surface area (Å²) < 4.78 is 13.8. The van der Waals surface area contributed by atoms with Crippen molar-refractivity contribution in [2.24, 2.45) is 0 Å². The summed E-state index contributed by atoms with van der Waals surface area (Å²) in [4.78, 5) is 12.1. The van der Waals surface area contributed by atoms with Gasteiger partial charge < -0.3 is 5.32 Å². The molecular weight excluding hydrogens is 321 g/mol. The number of hydrogen-bond donors (Lipinski definition) is 1. The van der Waals surface area contributed by atoms with Gasteiger partial charge >= 0.3 is 0 Å². The van der Waals surface area contributed by atoms with Crippen molar-refractivity contribution in [3.8, 4) is 0 Å². The molecule has 2 aromatic rings. The standard InChI is InChI=1S/C16H15BrFNO/c1-2-3-11-4-7-13(8-5-11)19-16(20)14-10-12(18)6-9-15(14)17/h4-10H,2-3H2,1H3,(H,19,20). The fraction of sp³-hybridized carbons (Fsp3) is 0.188. The molecule has 0 aliphatic rings. The summed E-state index contributed by atoms with van der Waals surface area (Å²) in [6.07, 6.45) is 2.10. The summed E-state index contributed by atoms with van der Waals surface area (Å²) >= 11 is 3.25. The summed E-state index contributed by atoms with van der Waals surface area (Å²) in [7, 11) is 0. The Kier molecular flexibility index (Phi) is 4.90. The second kappa shape index (κ2) is 6.66. The molecule has 0 saturated heterocycles. The fourth-order valence-corrected chi connectivity index (χ4v) is 2.34. The number of hydrogen-bond acceptors (Lipinski definition) is 1. The Morgan fingerprint density at radius 2 is 1.90 bits per heavy atom. The third-order valence-corrected chi connectivity index (χ3v) is 3.62. The van der Waals surface area contributed by atoms with Gasteiger partial charge in [0.25, 0.3) is 5.91 Å². The molecule has 2 nitrogen and oxygen atoms in total. The Morgan fingerprint density at radius 1 is 1.20 bits per heavy atom. The molecule has 0 saturated carbocycles. The van der Waals surface area contributed by atoms with E-state index >= 15 is 0 Å². The summed E-state index contributed by atoms with van der Waals surface area (Å²) in [6, 6.07) is 11.7. The Hall–Kier alpha value is -1.68. The minimum absolute atomic E-state index is 0.280. The maximum absolute atomic E-state index is 13.2. The number of anilines is 1. The lowest BCUT2D eigenvalue weighted by molar-refractivity contribution is 0.102. The molecule has 2 rings (SSSR count). The molecule has 2 aromatic carbocycles. The number of carbonyl (C=O) groups excluding carboxylic acids is 1. The first-order valence-electron chi connectivity index (χ1n) is 6.45. The van der Waals surface area contributed by atoms with Crippen LogP contribution in [0.4, 0.5) is 10.1 Å². The van der Waals surface area contributed by atoms with Gasteiger partial charge in [-0.2, -0.15) is 0 Å². The lowest BCUT2D eigenvalue weighted by Crippen LogP contribution is -2.12. The molecule has 0 aliphatic heterocycles. The topological polar surface area (TPSA) is 29.1 Å². The average Bonchev–Trinajstić information content (AvgIpc) is 2.44. The monoisotopic (exact) mass is 335 g/mol. The lowest BCUT2D eigenvalue weighted by Gasteiger charge is -2.08. The predicted molar refractivity (Wildman–Crippen MR) is 82.5 cm³/mol. The van der Waals surface area contributed by atoms with Gasteiger partial charge in [-0.1, -0.05) is 25.5 Å². The summed E-state index contributed by atoms with van der Waals surface area (Å²) in [5.41, 5.74) is 2.21. The summed E-state index contributed by atoms with van der Waals surface area (Å²) in [6.45, 7) is 2.12. The Balaban J connectivity index is 2.13. The minimum atomic E-state index is -0.434. The highest BCUT2D eigenvalue weighted by Gasteiger charge is 2.11. The molecule has 4 heteroatoms. The van der Waals surface area contributed by atoms with Gasteiger partial charge in [-0.3, -0.25) is 4.79 Å². The van der Waals surface area contributed by atoms with E-state index in [-0.39, 0.29) is 11.5 Å². The van der Waals surface area contributed by atoms with Gasteiger partial charge in [-0.25, -0.2) is 4.39 Å². The number of benzene rings is 2. The molecule has 1 N–H and O–H groups in total. The maximum Gasteiger partial charge on any atom is 0.256 e. The molecule has 0 aromatic heterocycles. The van der Waals surface area contributed by atoms with Crippen LogP contribution in [-0.4, -0.2) is 5.91 Å². The molecule has 0 fully saturated rings. The summed E-state index contributed by atoms with van der Waals surface area (Å²) in [5.74, 6) is -0.767.